The normalized spacial score (nSPS) is 35.5. The van der Waals surface area contributed by atoms with Crippen LogP contribution in [0.3, 0.4) is 0 Å². The number of hydrogen-bond donors (Lipinski definition) is 3. The summed E-state index contributed by atoms with van der Waals surface area (Å²) in [5.74, 6) is 1.29. The van der Waals surface area contributed by atoms with E-state index in [1.165, 1.54) is 37.7 Å². The van der Waals surface area contributed by atoms with Gasteiger partial charge in [-0.3, -0.25) is 4.79 Å². The molecule has 0 aliphatic heterocycles. The zero-order valence-corrected chi connectivity index (χ0v) is 25.1. The summed E-state index contributed by atoms with van der Waals surface area (Å²) < 4.78 is 0. The van der Waals surface area contributed by atoms with Crippen LogP contribution in [-0.4, -0.2) is 39.4 Å². The minimum Gasteiger partial charge on any atom is -0.393 e. The maximum atomic E-state index is 13.0. The van der Waals surface area contributed by atoms with E-state index in [-0.39, 0.29) is 16.6 Å². The molecule has 0 radical (unpaired) electrons. The van der Waals surface area contributed by atoms with Crippen molar-refractivity contribution >= 4 is 5.78 Å². The number of aliphatic hydroxyl groups excluding tert-OH is 3. The molecule has 4 heteroatoms. The molecular weight excluding hydrogens is 484 g/mol. The number of unbranched alkanes of at least 4 members (excludes halogenated alkanes) is 3. The number of fused-ring (bicyclic) bond motifs is 1. The lowest BCUT2D eigenvalue weighted by Gasteiger charge is -2.47. The first kappa shape index (κ1) is 30.5. The summed E-state index contributed by atoms with van der Waals surface area (Å²) in [5.41, 5.74) is 2.80. The van der Waals surface area contributed by atoms with E-state index in [1.54, 1.807) is 0 Å². The van der Waals surface area contributed by atoms with Gasteiger partial charge in [0.2, 0.25) is 0 Å². The number of ketones is 1. The first-order chi connectivity index (χ1) is 18.4. The number of Topliss-reactive ketones (excluding diaryl/α,β-unsaturated/α-hetero) is 1. The minimum absolute atomic E-state index is 0.0719. The predicted octanol–water partition coefficient (Wildman–Crippen LogP) is 7.39. The fourth-order valence-electron chi connectivity index (χ4n) is 8.40. The number of carbonyl (C=O) groups excluding carboxylic acids is 1. The van der Waals surface area contributed by atoms with Crippen LogP contribution in [0.4, 0.5) is 0 Å². The third-order valence-electron chi connectivity index (χ3n) is 11.0. The van der Waals surface area contributed by atoms with Gasteiger partial charge in [0.05, 0.1) is 23.7 Å². The monoisotopic (exact) mass is 538 g/mol. The van der Waals surface area contributed by atoms with Crippen molar-refractivity contribution in [1.29, 1.82) is 0 Å². The highest BCUT2D eigenvalue weighted by atomic mass is 16.3. The molecule has 0 spiro atoms. The van der Waals surface area contributed by atoms with Crippen LogP contribution in [0.2, 0.25) is 0 Å². The zero-order chi connectivity index (χ0) is 28.4. The Hall–Kier alpha value is -1.49. The molecule has 4 aliphatic carbocycles. The third-order valence-corrected chi connectivity index (χ3v) is 11.0. The van der Waals surface area contributed by atoms with Crippen molar-refractivity contribution in [3.8, 4) is 0 Å². The van der Waals surface area contributed by atoms with Crippen molar-refractivity contribution in [2.45, 2.75) is 136 Å². The summed E-state index contributed by atoms with van der Waals surface area (Å²) >= 11 is 0. The average molecular weight is 539 g/mol. The van der Waals surface area contributed by atoms with Crippen molar-refractivity contribution in [3.05, 3.63) is 47.6 Å². The van der Waals surface area contributed by atoms with Crippen LogP contribution in [0.1, 0.15) is 118 Å². The fourth-order valence-corrected chi connectivity index (χ4v) is 8.40. The minimum atomic E-state index is -0.678. The summed E-state index contributed by atoms with van der Waals surface area (Å²) in [6, 6.07) is 0. The van der Waals surface area contributed by atoms with Crippen LogP contribution >= 0.6 is 0 Å². The predicted molar refractivity (Wildman–Crippen MR) is 159 cm³/mol. The smallest absolute Gasteiger partial charge is 0.141 e. The fraction of sp³-hybridized carbons (Fsp3) is 0.743. The van der Waals surface area contributed by atoms with Crippen LogP contribution < -0.4 is 0 Å². The quantitative estimate of drug-likeness (QED) is 0.189. The summed E-state index contributed by atoms with van der Waals surface area (Å²) in [5, 5.41) is 31.5. The number of hydrogen-bond acceptors (Lipinski definition) is 4. The van der Waals surface area contributed by atoms with Gasteiger partial charge in [0.1, 0.15) is 5.78 Å². The maximum absolute atomic E-state index is 13.0. The Morgan fingerprint density at radius 1 is 1.13 bits per heavy atom. The highest BCUT2D eigenvalue weighted by Crippen LogP contribution is 2.62. The van der Waals surface area contributed by atoms with E-state index in [2.05, 4.69) is 52.5 Å². The van der Waals surface area contributed by atoms with Crippen LogP contribution in [-0.2, 0) is 4.79 Å². The molecule has 39 heavy (non-hydrogen) atoms. The molecule has 0 bridgehead atoms. The van der Waals surface area contributed by atoms with Gasteiger partial charge in [-0.2, -0.15) is 0 Å². The van der Waals surface area contributed by atoms with Crippen molar-refractivity contribution in [2.75, 3.05) is 0 Å². The molecule has 0 aromatic heterocycles. The highest BCUT2D eigenvalue weighted by Gasteiger charge is 2.55. The van der Waals surface area contributed by atoms with Crippen LogP contribution in [0.25, 0.3) is 0 Å². The van der Waals surface area contributed by atoms with Gasteiger partial charge >= 0.3 is 0 Å². The van der Waals surface area contributed by atoms with Gasteiger partial charge < -0.3 is 15.3 Å². The Morgan fingerprint density at radius 3 is 2.56 bits per heavy atom. The lowest BCUT2D eigenvalue weighted by molar-refractivity contribution is -0.127. The number of rotatable bonds is 11. The lowest BCUT2D eigenvalue weighted by Crippen LogP contribution is -2.39. The Labute approximate surface area is 237 Å². The summed E-state index contributed by atoms with van der Waals surface area (Å²) in [6.45, 7) is 13.4. The molecule has 218 valence electrons. The van der Waals surface area contributed by atoms with Crippen molar-refractivity contribution in [1.82, 2.24) is 0 Å². The molecule has 0 heterocycles. The van der Waals surface area contributed by atoms with Gasteiger partial charge in [-0.05, 0) is 91.6 Å². The van der Waals surface area contributed by atoms with E-state index in [1.807, 2.05) is 6.08 Å². The van der Waals surface area contributed by atoms with E-state index >= 15 is 0 Å². The molecule has 4 saturated carbocycles. The summed E-state index contributed by atoms with van der Waals surface area (Å²) in [4.78, 5) is 13.0. The second-order valence-electron chi connectivity index (χ2n) is 14.1. The maximum Gasteiger partial charge on any atom is 0.141 e. The second kappa shape index (κ2) is 12.2. The van der Waals surface area contributed by atoms with Gasteiger partial charge in [-0.1, -0.05) is 83.4 Å². The highest BCUT2D eigenvalue weighted by molar-refractivity contribution is 5.88. The first-order valence-electron chi connectivity index (χ1n) is 15.8. The van der Waals surface area contributed by atoms with Crippen molar-refractivity contribution < 1.29 is 20.1 Å². The van der Waals surface area contributed by atoms with E-state index < -0.39 is 23.7 Å². The standard InChI is InChI=1S/C35H54O4/c1-6-7-8-9-12-31(38)35(20-21-35)32(39)17-19-33(3,4)30-16-15-28-25(11-10-18-34(28,30)5)13-14-26-22-27(36)23-29(37)24(26)2/h13-14,17,19,27-30,32,36-37,39H,2,6-12,15-16,18,20-23H2,1,3-5H3/b19-17+,25-13+,26-14-/t27-,28+,29+,30-,32+,34+/m1/s1. The van der Waals surface area contributed by atoms with Gasteiger partial charge in [-0.25, -0.2) is 0 Å². The molecule has 3 N–H and O–H groups in total. The van der Waals surface area contributed by atoms with Gasteiger partial charge in [0, 0.05) is 12.8 Å². The Morgan fingerprint density at radius 2 is 1.87 bits per heavy atom. The molecule has 6 atom stereocenters. The van der Waals surface area contributed by atoms with E-state index in [0.717, 1.165) is 49.7 Å². The van der Waals surface area contributed by atoms with Crippen molar-refractivity contribution in [2.24, 2.45) is 28.1 Å². The molecule has 4 fully saturated rings. The van der Waals surface area contributed by atoms with E-state index in [9.17, 15) is 20.1 Å². The topological polar surface area (TPSA) is 77.8 Å². The van der Waals surface area contributed by atoms with Crippen LogP contribution in [0.15, 0.2) is 47.6 Å². The third kappa shape index (κ3) is 6.39. The molecule has 0 saturated heterocycles. The number of aliphatic hydroxyl groups is 3. The molecule has 0 unspecified atom stereocenters. The lowest BCUT2D eigenvalue weighted by atomic mass is 9.57. The van der Waals surface area contributed by atoms with Crippen LogP contribution in [0.5, 0.6) is 0 Å². The Bertz CT molecular complexity index is 996. The molecule has 4 nitrogen and oxygen atoms in total. The first-order valence-corrected chi connectivity index (χ1v) is 15.8. The second-order valence-corrected chi connectivity index (χ2v) is 14.1. The largest absolute Gasteiger partial charge is 0.393 e. The zero-order valence-electron chi connectivity index (χ0n) is 25.1. The molecule has 4 aliphatic rings. The SMILES string of the molecule is C=C1/C(=C\C=C2/CCC[C@]3(C)[C@@H](C(C)(C)/C=C/[C@H](O)C4(C(=O)CCCCCC)CC4)CC[C@@H]23)C[C@@H](O)C[C@@H]1O. The van der Waals surface area contributed by atoms with Gasteiger partial charge in [-0.15, -0.1) is 0 Å². The summed E-state index contributed by atoms with van der Waals surface area (Å²) in [7, 11) is 0. The number of allylic oxidation sites excluding steroid dienone is 4. The van der Waals surface area contributed by atoms with E-state index in [4.69, 9.17) is 0 Å². The van der Waals surface area contributed by atoms with Gasteiger partial charge in [0.15, 0.2) is 0 Å². The molecule has 0 amide bonds. The van der Waals surface area contributed by atoms with E-state index in [0.29, 0.717) is 31.1 Å². The average Bonchev–Trinajstić information content (AvgIpc) is 3.62. The molecule has 0 aromatic rings. The Kier molecular flexibility index (Phi) is 9.51. The molecular formula is C35H54O4. The van der Waals surface area contributed by atoms with Crippen molar-refractivity contribution in [3.63, 3.8) is 0 Å². The summed E-state index contributed by atoms with van der Waals surface area (Å²) in [6.07, 6.45) is 20.1. The molecule has 0 aromatic carbocycles. The van der Waals surface area contributed by atoms with Crippen LogP contribution in [0, 0.1) is 28.1 Å². The number of carbonyl (C=O) groups is 1. The van der Waals surface area contributed by atoms with Gasteiger partial charge in [0.25, 0.3) is 0 Å². The molecule has 4 rings (SSSR count). The Balaban J connectivity index is 1.44.